The molecule has 1 aromatic carbocycles. The maximum absolute atomic E-state index is 12.1. The van der Waals surface area contributed by atoms with Crippen LogP contribution in [-0.2, 0) is 14.3 Å². The molecule has 1 saturated heterocycles. The Labute approximate surface area is 115 Å². The van der Waals surface area contributed by atoms with E-state index in [-0.39, 0.29) is 35.9 Å². The third kappa shape index (κ3) is 2.29. The Morgan fingerprint density at radius 1 is 1.22 bits per heavy atom. The lowest BCUT2D eigenvalue weighted by molar-refractivity contribution is -0.130. The molecule has 1 aliphatic rings. The SMILES string of the molecule is COC[N+]1(c2cc(Cl)cc(Cl)c2)CC(=O)CC1=O. The van der Waals surface area contributed by atoms with Gasteiger partial charge in [-0.2, -0.15) is 4.48 Å². The number of quaternary nitrogens is 1. The van der Waals surface area contributed by atoms with Crippen molar-refractivity contribution in [3.63, 3.8) is 0 Å². The average molecular weight is 289 g/mol. The van der Waals surface area contributed by atoms with Crippen molar-refractivity contribution in [3.8, 4) is 0 Å². The predicted octanol–water partition coefficient (Wildman–Crippen LogP) is 2.40. The number of hydrogen-bond donors (Lipinski definition) is 0. The average Bonchev–Trinajstić information content (AvgIpc) is 2.54. The van der Waals surface area contributed by atoms with E-state index >= 15 is 0 Å². The van der Waals surface area contributed by atoms with Crippen LogP contribution in [0.4, 0.5) is 5.69 Å². The molecule has 18 heavy (non-hydrogen) atoms. The van der Waals surface area contributed by atoms with E-state index < -0.39 is 0 Å². The van der Waals surface area contributed by atoms with Crippen LogP contribution in [0.3, 0.4) is 0 Å². The van der Waals surface area contributed by atoms with E-state index in [2.05, 4.69) is 0 Å². The van der Waals surface area contributed by atoms with Gasteiger partial charge in [-0.1, -0.05) is 23.2 Å². The van der Waals surface area contributed by atoms with Crippen LogP contribution in [-0.4, -0.2) is 32.1 Å². The number of halogens is 2. The second kappa shape index (κ2) is 4.97. The van der Waals surface area contributed by atoms with E-state index in [1.54, 1.807) is 18.2 Å². The van der Waals surface area contributed by atoms with Gasteiger partial charge in [0.1, 0.15) is 12.1 Å². The molecule has 0 aromatic heterocycles. The molecule has 6 heteroatoms. The van der Waals surface area contributed by atoms with Gasteiger partial charge in [-0.25, -0.2) is 4.79 Å². The van der Waals surface area contributed by atoms with Crippen LogP contribution in [0.2, 0.25) is 10.0 Å². The molecule has 96 valence electrons. The first-order valence-electron chi connectivity index (χ1n) is 5.36. The first-order chi connectivity index (χ1) is 8.48. The minimum absolute atomic E-state index is 0.0759. The minimum Gasteiger partial charge on any atom is -0.334 e. The third-order valence-electron chi connectivity index (χ3n) is 2.96. The number of Topliss-reactive ketones (excluding diaryl/α,β-unsaturated/α-hetero) is 1. The van der Waals surface area contributed by atoms with Crippen LogP contribution in [0, 0.1) is 0 Å². The summed E-state index contributed by atoms with van der Waals surface area (Å²) in [5.41, 5.74) is 0.588. The highest BCUT2D eigenvalue weighted by Gasteiger charge is 2.48. The van der Waals surface area contributed by atoms with Crippen molar-refractivity contribution >= 4 is 40.6 Å². The Kier molecular flexibility index (Phi) is 3.73. The highest BCUT2D eigenvalue weighted by atomic mass is 35.5. The highest BCUT2D eigenvalue weighted by Crippen LogP contribution is 2.33. The van der Waals surface area contributed by atoms with Crippen LogP contribution in [0.25, 0.3) is 0 Å². The monoisotopic (exact) mass is 288 g/mol. The molecular weight excluding hydrogens is 277 g/mol. The first kappa shape index (κ1) is 13.5. The van der Waals surface area contributed by atoms with Gasteiger partial charge in [-0.05, 0) is 6.07 Å². The third-order valence-corrected chi connectivity index (χ3v) is 3.40. The van der Waals surface area contributed by atoms with Crippen LogP contribution >= 0.6 is 23.2 Å². The summed E-state index contributed by atoms with van der Waals surface area (Å²) in [4.78, 5) is 23.6. The van der Waals surface area contributed by atoms with Gasteiger partial charge in [0.2, 0.25) is 5.78 Å². The van der Waals surface area contributed by atoms with Crippen molar-refractivity contribution in [1.82, 2.24) is 4.48 Å². The zero-order chi connectivity index (χ0) is 13.3. The molecule has 1 heterocycles. The van der Waals surface area contributed by atoms with Crippen molar-refractivity contribution in [1.29, 1.82) is 0 Å². The number of carbonyl (C=O) groups is 2. The highest BCUT2D eigenvalue weighted by molar-refractivity contribution is 6.35. The van der Waals surface area contributed by atoms with Crippen molar-refractivity contribution in [2.45, 2.75) is 6.42 Å². The molecule has 1 atom stereocenters. The topological polar surface area (TPSA) is 43.4 Å². The van der Waals surface area contributed by atoms with Crippen LogP contribution < -0.4 is 4.48 Å². The maximum atomic E-state index is 12.1. The molecular formula is C12H12Cl2NO3+. The van der Waals surface area contributed by atoms with E-state index in [1.165, 1.54) is 7.11 Å². The van der Waals surface area contributed by atoms with E-state index in [0.29, 0.717) is 15.7 Å². The van der Waals surface area contributed by atoms with Crippen LogP contribution in [0.15, 0.2) is 18.2 Å². The zero-order valence-corrected chi connectivity index (χ0v) is 11.3. The Morgan fingerprint density at radius 2 is 1.83 bits per heavy atom. The van der Waals surface area contributed by atoms with E-state index in [1.807, 2.05) is 0 Å². The standard InChI is InChI=1S/C12H12Cl2NO3/c1-18-7-15(6-11(16)5-12(15)17)10-3-8(13)2-9(14)4-10/h2-4H,5-7H2,1H3/q+1. The molecule has 1 fully saturated rings. The number of methoxy groups -OCH3 is 1. The van der Waals surface area contributed by atoms with Crippen LogP contribution in [0.1, 0.15) is 6.42 Å². The quantitative estimate of drug-likeness (QED) is 0.634. The maximum Gasteiger partial charge on any atom is 0.328 e. The number of ketones is 1. The van der Waals surface area contributed by atoms with E-state index in [0.717, 1.165) is 0 Å². The summed E-state index contributed by atoms with van der Waals surface area (Å²) >= 11 is 11.9. The summed E-state index contributed by atoms with van der Waals surface area (Å²) in [7, 11) is 1.49. The number of amides is 1. The van der Waals surface area contributed by atoms with Gasteiger partial charge in [-0.3, -0.25) is 4.79 Å². The first-order valence-corrected chi connectivity index (χ1v) is 6.11. The largest absolute Gasteiger partial charge is 0.334 e. The molecule has 0 aliphatic carbocycles. The van der Waals surface area contributed by atoms with Gasteiger partial charge >= 0.3 is 5.91 Å². The molecule has 4 nitrogen and oxygen atoms in total. The Bertz CT molecular complexity index is 498. The van der Waals surface area contributed by atoms with Crippen LogP contribution in [0.5, 0.6) is 0 Å². The number of likely N-dealkylation sites (tertiary alicyclic amines) is 1. The summed E-state index contributed by atoms with van der Waals surface area (Å²) in [6, 6.07) is 4.87. The molecule has 2 rings (SSSR count). The summed E-state index contributed by atoms with van der Waals surface area (Å²) in [6.45, 7) is 0.185. The van der Waals surface area contributed by atoms with Gasteiger partial charge in [0.05, 0.1) is 0 Å². The summed E-state index contributed by atoms with van der Waals surface area (Å²) in [6.07, 6.45) is -0.0759. The Hall–Kier alpha value is -0.940. The molecule has 0 bridgehead atoms. The molecule has 1 amide bonds. The van der Waals surface area contributed by atoms with E-state index in [4.69, 9.17) is 27.9 Å². The minimum atomic E-state index is -0.194. The zero-order valence-electron chi connectivity index (χ0n) is 9.78. The molecule has 1 aliphatic heterocycles. The van der Waals surface area contributed by atoms with Crippen molar-refractivity contribution in [3.05, 3.63) is 28.2 Å². The molecule has 0 spiro atoms. The fourth-order valence-corrected chi connectivity index (χ4v) is 2.71. The van der Waals surface area contributed by atoms with Gasteiger partial charge in [0, 0.05) is 29.3 Å². The summed E-state index contributed by atoms with van der Waals surface area (Å²) in [5.74, 6) is -0.298. The number of rotatable bonds is 3. The molecule has 0 radical (unpaired) electrons. The number of ether oxygens (including phenoxy) is 1. The van der Waals surface area contributed by atoms with Crippen molar-refractivity contribution < 1.29 is 14.3 Å². The predicted molar refractivity (Wildman–Crippen MR) is 69.6 cm³/mol. The van der Waals surface area contributed by atoms with Gasteiger partial charge in [0.15, 0.2) is 13.3 Å². The number of hydrogen-bond acceptors (Lipinski definition) is 3. The Morgan fingerprint density at radius 3 is 2.28 bits per heavy atom. The van der Waals surface area contributed by atoms with Gasteiger partial charge in [-0.15, -0.1) is 0 Å². The van der Waals surface area contributed by atoms with E-state index in [9.17, 15) is 9.59 Å². The number of benzene rings is 1. The second-order valence-electron chi connectivity index (χ2n) is 4.28. The fourth-order valence-electron chi connectivity index (χ4n) is 2.20. The number of carbonyl (C=O) groups excluding carboxylic acids is 2. The molecule has 0 N–H and O–H groups in total. The molecule has 1 aromatic rings. The lowest BCUT2D eigenvalue weighted by Gasteiger charge is -2.29. The number of nitrogens with zero attached hydrogens (tertiary/aromatic N) is 1. The van der Waals surface area contributed by atoms with Crippen molar-refractivity contribution in [2.75, 3.05) is 20.4 Å². The normalized spacial score (nSPS) is 23.7. The second-order valence-corrected chi connectivity index (χ2v) is 5.15. The van der Waals surface area contributed by atoms with Gasteiger partial charge < -0.3 is 4.74 Å². The molecule has 1 unspecified atom stereocenters. The lowest BCUT2D eigenvalue weighted by Crippen LogP contribution is -2.52. The Balaban J connectivity index is 2.53. The smallest absolute Gasteiger partial charge is 0.328 e. The molecule has 0 saturated carbocycles. The van der Waals surface area contributed by atoms with Crippen molar-refractivity contribution in [2.24, 2.45) is 0 Å². The fraction of sp³-hybridized carbons (Fsp3) is 0.333. The summed E-state index contributed by atoms with van der Waals surface area (Å²) < 4.78 is 4.92. The van der Waals surface area contributed by atoms with Gasteiger partial charge in [0.25, 0.3) is 0 Å². The summed E-state index contributed by atoms with van der Waals surface area (Å²) in [5, 5.41) is 0.858. The lowest BCUT2D eigenvalue weighted by atomic mass is 10.2.